The summed E-state index contributed by atoms with van der Waals surface area (Å²) in [4.78, 5) is 28.5. The number of nitrogens with one attached hydrogen (secondary N) is 2. The van der Waals surface area contributed by atoms with Gasteiger partial charge in [0.15, 0.2) is 0 Å². The number of ether oxygens (including phenoxy) is 2. The smallest absolute Gasteiger partial charge is 0.249 e. The normalized spacial score (nSPS) is 11.5. The van der Waals surface area contributed by atoms with Crippen molar-refractivity contribution >= 4 is 23.2 Å². The topological polar surface area (TPSA) is 107 Å². The van der Waals surface area contributed by atoms with Crippen LogP contribution >= 0.6 is 0 Å². The van der Waals surface area contributed by atoms with Crippen molar-refractivity contribution in [2.75, 3.05) is 24.9 Å². The SMILES string of the molecule is COc1cc(CCC(=O)Nc2ccc(NC(=O)C(C)n3cncn3)cc2)cc(OC)c1. The van der Waals surface area contributed by atoms with E-state index in [1.807, 2.05) is 12.1 Å². The third-order valence-electron chi connectivity index (χ3n) is 4.70. The van der Waals surface area contributed by atoms with Gasteiger partial charge in [-0.05, 0) is 55.3 Å². The van der Waals surface area contributed by atoms with Gasteiger partial charge in [-0.3, -0.25) is 9.59 Å². The Bertz CT molecular complexity index is 997. The van der Waals surface area contributed by atoms with Crippen LogP contribution in [0.4, 0.5) is 11.4 Å². The molecule has 9 heteroatoms. The van der Waals surface area contributed by atoms with Gasteiger partial charge in [-0.15, -0.1) is 0 Å². The molecule has 2 N–H and O–H groups in total. The number of aromatic nitrogens is 3. The molecule has 0 saturated heterocycles. The predicted octanol–water partition coefficient (Wildman–Crippen LogP) is 3.07. The summed E-state index contributed by atoms with van der Waals surface area (Å²) in [5, 5.41) is 9.64. The van der Waals surface area contributed by atoms with Gasteiger partial charge < -0.3 is 20.1 Å². The molecule has 2 amide bonds. The molecule has 3 aromatic rings. The fourth-order valence-corrected chi connectivity index (χ4v) is 2.91. The fraction of sp³-hybridized carbons (Fsp3) is 0.273. The molecule has 0 aliphatic heterocycles. The number of anilines is 2. The monoisotopic (exact) mass is 423 g/mol. The highest BCUT2D eigenvalue weighted by atomic mass is 16.5. The zero-order chi connectivity index (χ0) is 22.2. The number of hydrogen-bond acceptors (Lipinski definition) is 6. The fourth-order valence-electron chi connectivity index (χ4n) is 2.91. The summed E-state index contributed by atoms with van der Waals surface area (Å²) in [6.07, 6.45) is 3.73. The average molecular weight is 423 g/mol. The summed E-state index contributed by atoms with van der Waals surface area (Å²) >= 11 is 0. The Balaban J connectivity index is 1.51. The molecule has 0 bridgehead atoms. The van der Waals surface area contributed by atoms with Crippen LogP contribution in [0.1, 0.15) is 24.9 Å². The Hall–Kier alpha value is -3.88. The highest BCUT2D eigenvalue weighted by Crippen LogP contribution is 2.23. The highest BCUT2D eigenvalue weighted by molar-refractivity contribution is 5.94. The minimum atomic E-state index is -0.489. The number of carbonyl (C=O) groups is 2. The standard InChI is InChI=1S/C22H25N5O4/c1-15(27-14-23-13-24-27)22(29)26-18-7-5-17(6-8-18)25-21(28)9-4-16-10-19(30-2)12-20(11-16)31-3/h5-8,10-15H,4,9H2,1-3H3,(H,25,28)(H,26,29). The van der Waals surface area contributed by atoms with Gasteiger partial charge in [0, 0.05) is 23.9 Å². The molecular weight excluding hydrogens is 398 g/mol. The van der Waals surface area contributed by atoms with E-state index in [0.29, 0.717) is 35.7 Å². The highest BCUT2D eigenvalue weighted by Gasteiger charge is 2.15. The van der Waals surface area contributed by atoms with E-state index in [1.54, 1.807) is 51.5 Å². The molecule has 0 spiro atoms. The van der Waals surface area contributed by atoms with Crippen molar-refractivity contribution in [3.05, 3.63) is 60.7 Å². The second kappa shape index (κ2) is 10.2. The van der Waals surface area contributed by atoms with E-state index in [1.165, 1.54) is 17.3 Å². The Labute approximate surface area is 180 Å². The Morgan fingerprint density at radius 1 is 1.00 bits per heavy atom. The predicted molar refractivity (Wildman–Crippen MR) is 116 cm³/mol. The van der Waals surface area contributed by atoms with Crippen molar-refractivity contribution in [3.8, 4) is 11.5 Å². The quantitative estimate of drug-likeness (QED) is 0.548. The first kappa shape index (κ1) is 21.8. The third-order valence-corrected chi connectivity index (χ3v) is 4.70. The van der Waals surface area contributed by atoms with Crippen LogP contribution in [0.25, 0.3) is 0 Å². The van der Waals surface area contributed by atoms with Gasteiger partial charge in [-0.25, -0.2) is 9.67 Å². The molecule has 1 aromatic heterocycles. The number of amides is 2. The first-order valence-corrected chi connectivity index (χ1v) is 9.75. The number of hydrogen-bond donors (Lipinski definition) is 2. The Morgan fingerprint density at radius 2 is 1.61 bits per heavy atom. The van der Waals surface area contributed by atoms with Gasteiger partial charge in [-0.1, -0.05) is 0 Å². The first-order chi connectivity index (χ1) is 15.0. The number of nitrogens with zero attached hydrogens (tertiary/aromatic N) is 3. The van der Waals surface area contributed by atoms with Crippen LogP contribution in [-0.4, -0.2) is 40.8 Å². The maximum absolute atomic E-state index is 12.3. The molecular formula is C22H25N5O4. The lowest BCUT2D eigenvalue weighted by Gasteiger charge is -2.12. The van der Waals surface area contributed by atoms with Crippen LogP contribution in [0.2, 0.25) is 0 Å². The van der Waals surface area contributed by atoms with Crippen molar-refractivity contribution in [1.29, 1.82) is 0 Å². The Morgan fingerprint density at radius 3 is 2.16 bits per heavy atom. The van der Waals surface area contributed by atoms with Crippen molar-refractivity contribution < 1.29 is 19.1 Å². The van der Waals surface area contributed by atoms with E-state index >= 15 is 0 Å². The molecule has 0 aliphatic rings. The Kier molecular flexibility index (Phi) is 7.21. The molecule has 1 unspecified atom stereocenters. The molecule has 0 aliphatic carbocycles. The summed E-state index contributed by atoms with van der Waals surface area (Å²) in [6, 6.07) is 12.0. The lowest BCUT2D eigenvalue weighted by molar-refractivity contribution is -0.119. The van der Waals surface area contributed by atoms with Crippen LogP contribution in [0, 0.1) is 0 Å². The number of aryl methyl sites for hydroxylation is 1. The van der Waals surface area contributed by atoms with E-state index in [0.717, 1.165) is 5.56 Å². The van der Waals surface area contributed by atoms with Gasteiger partial charge in [0.05, 0.1) is 14.2 Å². The molecule has 162 valence electrons. The van der Waals surface area contributed by atoms with Gasteiger partial charge in [0.2, 0.25) is 11.8 Å². The second-order valence-electron chi connectivity index (χ2n) is 6.89. The third kappa shape index (κ3) is 6.05. The lowest BCUT2D eigenvalue weighted by atomic mass is 10.1. The number of methoxy groups -OCH3 is 2. The second-order valence-corrected chi connectivity index (χ2v) is 6.89. The summed E-state index contributed by atoms with van der Waals surface area (Å²) in [6.45, 7) is 1.73. The summed E-state index contributed by atoms with van der Waals surface area (Å²) < 4.78 is 12.0. The minimum absolute atomic E-state index is 0.113. The van der Waals surface area contributed by atoms with E-state index in [-0.39, 0.29) is 11.8 Å². The van der Waals surface area contributed by atoms with Crippen molar-refractivity contribution in [1.82, 2.24) is 14.8 Å². The number of benzene rings is 2. The molecule has 3 rings (SSSR count). The molecule has 9 nitrogen and oxygen atoms in total. The average Bonchev–Trinajstić information content (AvgIpc) is 3.33. The van der Waals surface area contributed by atoms with Crippen LogP contribution in [-0.2, 0) is 16.0 Å². The first-order valence-electron chi connectivity index (χ1n) is 9.75. The maximum Gasteiger partial charge on any atom is 0.249 e. The van der Waals surface area contributed by atoms with Crippen molar-refractivity contribution in [3.63, 3.8) is 0 Å². The lowest BCUT2D eigenvalue weighted by Crippen LogP contribution is -2.24. The zero-order valence-electron chi connectivity index (χ0n) is 17.7. The van der Waals surface area contributed by atoms with Crippen LogP contribution in [0.5, 0.6) is 11.5 Å². The molecule has 1 atom stereocenters. The van der Waals surface area contributed by atoms with Crippen LogP contribution < -0.4 is 20.1 Å². The van der Waals surface area contributed by atoms with E-state index in [2.05, 4.69) is 20.7 Å². The maximum atomic E-state index is 12.3. The van der Waals surface area contributed by atoms with E-state index in [9.17, 15) is 9.59 Å². The largest absolute Gasteiger partial charge is 0.497 e. The summed E-state index contributed by atoms with van der Waals surface area (Å²) in [5.41, 5.74) is 2.22. The van der Waals surface area contributed by atoms with Gasteiger partial charge in [0.1, 0.15) is 30.2 Å². The molecule has 31 heavy (non-hydrogen) atoms. The minimum Gasteiger partial charge on any atom is -0.497 e. The van der Waals surface area contributed by atoms with E-state index in [4.69, 9.17) is 9.47 Å². The number of rotatable bonds is 9. The van der Waals surface area contributed by atoms with E-state index < -0.39 is 6.04 Å². The van der Waals surface area contributed by atoms with Gasteiger partial charge in [-0.2, -0.15) is 5.10 Å². The summed E-state index contributed by atoms with van der Waals surface area (Å²) in [5.74, 6) is 1.05. The molecule has 1 heterocycles. The summed E-state index contributed by atoms with van der Waals surface area (Å²) in [7, 11) is 3.18. The number of carbonyl (C=O) groups excluding carboxylic acids is 2. The van der Waals surface area contributed by atoms with Gasteiger partial charge >= 0.3 is 0 Å². The molecule has 0 saturated carbocycles. The molecule has 0 fully saturated rings. The zero-order valence-corrected chi connectivity index (χ0v) is 17.7. The van der Waals surface area contributed by atoms with Crippen molar-refractivity contribution in [2.24, 2.45) is 0 Å². The van der Waals surface area contributed by atoms with Crippen LogP contribution in [0.15, 0.2) is 55.1 Å². The van der Waals surface area contributed by atoms with Crippen molar-refractivity contribution in [2.45, 2.75) is 25.8 Å². The van der Waals surface area contributed by atoms with Crippen LogP contribution in [0.3, 0.4) is 0 Å². The van der Waals surface area contributed by atoms with Gasteiger partial charge in [0.25, 0.3) is 0 Å². The molecule has 0 radical (unpaired) electrons. The molecule has 2 aromatic carbocycles.